The van der Waals surface area contributed by atoms with Crippen LogP contribution in [-0.4, -0.2) is 43.7 Å². The number of nitrogens with one attached hydrogen (secondary N) is 3. The monoisotopic (exact) mass is 384 g/mol. The fourth-order valence-electron chi connectivity index (χ4n) is 2.11. The van der Waals surface area contributed by atoms with E-state index in [1.54, 1.807) is 0 Å². The van der Waals surface area contributed by atoms with Crippen LogP contribution in [0.25, 0.3) is 0 Å². The summed E-state index contributed by atoms with van der Waals surface area (Å²) in [5, 5.41) is 19.3. The molecule has 0 bridgehead atoms. The number of hydrogen-bond acceptors (Lipinski definition) is 6. The fourth-order valence-corrected chi connectivity index (χ4v) is 2.11. The second-order valence-electron chi connectivity index (χ2n) is 5.89. The summed E-state index contributed by atoms with van der Waals surface area (Å²) in [6, 6.07) is 12.4. The Kier molecular flexibility index (Phi) is 7.03. The molecule has 0 atom stereocenters. The number of non-ortho nitro benzene ring substituents is 1. The van der Waals surface area contributed by atoms with Crippen molar-refractivity contribution in [3.8, 4) is 0 Å². The predicted molar refractivity (Wildman–Crippen MR) is 107 cm³/mol. The van der Waals surface area contributed by atoms with Crippen LogP contribution < -0.4 is 21.0 Å². The summed E-state index contributed by atoms with van der Waals surface area (Å²) in [6.07, 6.45) is 1.49. The average Bonchev–Trinajstić information content (AvgIpc) is 2.67. The summed E-state index contributed by atoms with van der Waals surface area (Å²) < 4.78 is 0. The molecule has 146 valence electrons. The van der Waals surface area contributed by atoms with Gasteiger partial charge in [-0.15, -0.1) is 0 Å². The zero-order chi connectivity index (χ0) is 20.5. The number of rotatable bonds is 7. The summed E-state index contributed by atoms with van der Waals surface area (Å²) in [7, 11) is 3.87. The van der Waals surface area contributed by atoms with Crippen LogP contribution in [0.4, 0.5) is 21.9 Å². The van der Waals surface area contributed by atoms with E-state index in [1.807, 2.05) is 43.3 Å². The van der Waals surface area contributed by atoms with Crippen molar-refractivity contribution in [2.45, 2.75) is 0 Å². The van der Waals surface area contributed by atoms with Crippen LogP contribution in [-0.2, 0) is 4.79 Å². The number of benzene rings is 2. The molecule has 3 N–H and O–H groups in total. The van der Waals surface area contributed by atoms with Gasteiger partial charge in [-0.25, -0.2) is 10.2 Å². The number of anilines is 2. The summed E-state index contributed by atoms with van der Waals surface area (Å²) in [4.78, 5) is 35.6. The van der Waals surface area contributed by atoms with Gasteiger partial charge in [-0.1, -0.05) is 18.2 Å². The first-order valence-electron chi connectivity index (χ1n) is 8.24. The summed E-state index contributed by atoms with van der Waals surface area (Å²) in [6.45, 7) is -0.308. The van der Waals surface area contributed by atoms with Gasteiger partial charge in [-0.2, -0.15) is 5.10 Å². The molecule has 2 aromatic rings. The molecule has 0 unspecified atom stereocenters. The molecular formula is C18H20N6O4. The number of nitro groups is 1. The minimum atomic E-state index is -0.668. The maximum Gasteiger partial charge on any atom is 0.319 e. The molecule has 0 saturated heterocycles. The lowest BCUT2D eigenvalue weighted by Crippen LogP contribution is -2.37. The van der Waals surface area contributed by atoms with Gasteiger partial charge in [0.25, 0.3) is 11.6 Å². The molecule has 3 amide bonds. The van der Waals surface area contributed by atoms with Gasteiger partial charge in [-0.05, 0) is 23.8 Å². The molecule has 2 rings (SSSR count). The zero-order valence-corrected chi connectivity index (χ0v) is 15.4. The Morgan fingerprint density at radius 2 is 1.89 bits per heavy atom. The van der Waals surface area contributed by atoms with Crippen molar-refractivity contribution in [3.63, 3.8) is 0 Å². The molecule has 0 fully saturated rings. The largest absolute Gasteiger partial charge is 0.378 e. The SMILES string of the molecule is CN(C)c1ccc(/C=N/NC(=O)CNC(=O)Nc2cccc([N+](=O)[O-])c2)cc1. The maximum atomic E-state index is 11.8. The Balaban J connectivity index is 1.76. The molecule has 28 heavy (non-hydrogen) atoms. The van der Waals surface area contributed by atoms with E-state index in [2.05, 4.69) is 21.2 Å². The lowest BCUT2D eigenvalue weighted by Gasteiger charge is -2.11. The van der Waals surface area contributed by atoms with Gasteiger partial charge in [0.1, 0.15) is 6.54 Å². The van der Waals surface area contributed by atoms with Gasteiger partial charge in [0.15, 0.2) is 0 Å². The highest BCUT2D eigenvalue weighted by Gasteiger charge is 2.09. The highest BCUT2D eigenvalue weighted by molar-refractivity contribution is 5.92. The topological polar surface area (TPSA) is 129 Å². The lowest BCUT2D eigenvalue weighted by molar-refractivity contribution is -0.384. The Bertz CT molecular complexity index is 880. The summed E-state index contributed by atoms with van der Waals surface area (Å²) >= 11 is 0. The van der Waals surface area contributed by atoms with Crippen LogP contribution in [0.1, 0.15) is 5.56 Å². The zero-order valence-electron chi connectivity index (χ0n) is 15.4. The van der Waals surface area contributed by atoms with Crippen LogP contribution in [0.15, 0.2) is 53.6 Å². The van der Waals surface area contributed by atoms with E-state index >= 15 is 0 Å². The number of urea groups is 1. The van der Waals surface area contributed by atoms with Gasteiger partial charge in [0.2, 0.25) is 0 Å². The van der Waals surface area contributed by atoms with E-state index in [-0.39, 0.29) is 17.9 Å². The number of nitrogens with zero attached hydrogens (tertiary/aromatic N) is 3. The molecule has 0 radical (unpaired) electrons. The highest BCUT2D eigenvalue weighted by atomic mass is 16.6. The Labute approximate surface area is 161 Å². The number of carbonyl (C=O) groups excluding carboxylic acids is 2. The molecule has 0 spiro atoms. The minimum Gasteiger partial charge on any atom is -0.378 e. The molecule has 0 aliphatic rings. The van der Waals surface area contributed by atoms with E-state index < -0.39 is 16.9 Å². The fraction of sp³-hybridized carbons (Fsp3) is 0.167. The van der Waals surface area contributed by atoms with Crippen molar-refractivity contribution in [3.05, 3.63) is 64.2 Å². The van der Waals surface area contributed by atoms with Crippen LogP contribution >= 0.6 is 0 Å². The van der Waals surface area contributed by atoms with Crippen LogP contribution in [0.2, 0.25) is 0 Å². The van der Waals surface area contributed by atoms with Crippen molar-refractivity contribution in [2.75, 3.05) is 30.9 Å². The van der Waals surface area contributed by atoms with E-state index in [4.69, 9.17) is 0 Å². The average molecular weight is 384 g/mol. The number of hydrogen-bond donors (Lipinski definition) is 3. The third-order valence-electron chi connectivity index (χ3n) is 3.54. The van der Waals surface area contributed by atoms with Crippen LogP contribution in [0.5, 0.6) is 0 Å². The Morgan fingerprint density at radius 1 is 1.18 bits per heavy atom. The standard InChI is InChI=1S/C18H20N6O4/c1-23(2)15-8-6-13(7-9-15)11-20-22-17(25)12-19-18(26)21-14-4-3-5-16(10-14)24(27)28/h3-11H,12H2,1-2H3,(H,22,25)(H2,19,21,26)/b20-11+. The molecular weight excluding hydrogens is 364 g/mol. The Morgan fingerprint density at radius 3 is 2.54 bits per heavy atom. The number of amides is 3. The molecule has 0 heterocycles. The van der Waals surface area contributed by atoms with Crippen LogP contribution in [0.3, 0.4) is 0 Å². The molecule has 10 heteroatoms. The summed E-state index contributed by atoms with van der Waals surface area (Å²) in [5.74, 6) is -0.518. The van der Waals surface area contributed by atoms with E-state index in [9.17, 15) is 19.7 Å². The number of carbonyl (C=O) groups is 2. The number of nitro benzene ring substituents is 1. The molecule has 0 aromatic heterocycles. The van der Waals surface area contributed by atoms with E-state index in [1.165, 1.54) is 30.5 Å². The molecule has 10 nitrogen and oxygen atoms in total. The third-order valence-corrected chi connectivity index (χ3v) is 3.54. The van der Waals surface area contributed by atoms with Gasteiger partial charge in [0, 0.05) is 37.6 Å². The molecule has 2 aromatic carbocycles. The van der Waals surface area contributed by atoms with Gasteiger partial charge >= 0.3 is 6.03 Å². The summed E-state index contributed by atoms with van der Waals surface area (Å²) in [5.41, 5.74) is 4.24. The smallest absolute Gasteiger partial charge is 0.319 e. The van der Waals surface area contributed by atoms with E-state index in [0.717, 1.165) is 11.3 Å². The van der Waals surface area contributed by atoms with Gasteiger partial charge in [-0.3, -0.25) is 14.9 Å². The third kappa shape index (κ3) is 6.41. The first-order chi connectivity index (χ1) is 13.3. The molecule has 0 saturated carbocycles. The van der Waals surface area contributed by atoms with Crippen molar-refractivity contribution in [2.24, 2.45) is 5.10 Å². The first kappa shape index (κ1) is 20.4. The lowest BCUT2D eigenvalue weighted by atomic mass is 10.2. The van der Waals surface area contributed by atoms with Crippen LogP contribution in [0, 0.1) is 10.1 Å². The normalized spacial score (nSPS) is 10.4. The first-order valence-corrected chi connectivity index (χ1v) is 8.24. The van der Waals surface area contributed by atoms with Crippen molar-refractivity contribution in [1.29, 1.82) is 0 Å². The van der Waals surface area contributed by atoms with Gasteiger partial charge in [0.05, 0.1) is 11.1 Å². The quantitative estimate of drug-likeness (QED) is 0.382. The molecule has 0 aliphatic heterocycles. The van der Waals surface area contributed by atoms with Gasteiger partial charge < -0.3 is 15.5 Å². The second-order valence-corrected chi connectivity index (χ2v) is 5.89. The van der Waals surface area contributed by atoms with Crippen molar-refractivity contribution in [1.82, 2.24) is 10.7 Å². The Hall–Kier alpha value is -3.95. The van der Waals surface area contributed by atoms with Crippen molar-refractivity contribution >= 4 is 35.2 Å². The predicted octanol–water partition coefficient (Wildman–Crippen LogP) is 1.93. The second kappa shape index (κ2) is 9.67. The maximum absolute atomic E-state index is 11.8. The van der Waals surface area contributed by atoms with Crippen molar-refractivity contribution < 1.29 is 14.5 Å². The molecule has 0 aliphatic carbocycles. The number of hydrazone groups is 1. The minimum absolute atomic E-state index is 0.150. The van der Waals surface area contributed by atoms with E-state index in [0.29, 0.717) is 0 Å². The highest BCUT2D eigenvalue weighted by Crippen LogP contribution is 2.16.